The van der Waals surface area contributed by atoms with E-state index in [1.165, 1.54) is 19.2 Å². The Hall–Kier alpha value is -3.66. The summed E-state index contributed by atoms with van der Waals surface area (Å²) >= 11 is 6.71. The molecule has 2 aromatic carbocycles. The maximum absolute atomic E-state index is 13.7. The molecule has 2 fully saturated rings. The quantitative estimate of drug-likeness (QED) is 0.231. The molecule has 1 atom stereocenters. The fourth-order valence-electron chi connectivity index (χ4n) is 5.33. The number of benzene rings is 2. The Morgan fingerprint density at radius 3 is 2.40 bits per heavy atom. The summed E-state index contributed by atoms with van der Waals surface area (Å²) in [5, 5.41) is 35.6. The van der Waals surface area contributed by atoms with Crippen LogP contribution in [0.2, 0.25) is 5.02 Å². The van der Waals surface area contributed by atoms with Crippen LogP contribution in [0.1, 0.15) is 72.8 Å². The number of ether oxygens (including phenoxy) is 1. The number of rotatable bonds is 9. The summed E-state index contributed by atoms with van der Waals surface area (Å²) < 4.78 is 19.2. The lowest BCUT2D eigenvalue weighted by Gasteiger charge is -2.31. The number of fused-ring (bicyclic) bond motifs is 1. The van der Waals surface area contributed by atoms with E-state index < -0.39 is 22.9 Å². The van der Waals surface area contributed by atoms with Crippen LogP contribution in [0.25, 0.3) is 22.2 Å². The predicted octanol–water partition coefficient (Wildman–Crippen LogP) is 5.63. The number of methoxy groups -OCH3 is 1. The third-order valence-electron chi connectivity index (χ3n) is 8.10. The summed E-state index contributed by atoms with van der Waals surface area (Å²) in [6, 6.07) is 12.6. The SMILES string of the molecule is COc1cc(C(=O)NCC(O)(c2cc(C(C)(C)O)c(Cl)c(-c3ccc(F)cc3)n2)C2CC2)cc2cc(C3CC3)nnc12. The summed E-state index contributed by atoms with van der Waals surface area (Å²) in [5.74, 6) is -0.131. The van der Waals surface area contributed by atoms with Crippen LogP contribution in [0.5, 0.6) is 5.75 Å². The number of nitrogens with one attached hydrogen (secondary N) is 1. The largest absolute Gasteiger partial charge is 0.494 e. The number of nitrogens with zero attached hydrogens (tertiary/aromatic N) is 3. The lowest BCUT2D eigenvalue weighted by Crippen LogP contribution is -2.43. The molecule has 218 valence electrons. The first-order valence-electron chi connectivity index (χ1n) is 14.0. The highest BCUT2D eigenvalue weighted by Crippen LogP contribution is 2.47. The molecular formula is C32H32ClFN4O4. The standard InChI is InChI=1S/C32H32ClFN4O4/c1-31(2,40)23-15-26(36-29(27(23)33)18-6-10-22(34)11-7-18)32(41,21-8-9-21)16-35-30(39)20-12-19-13-24(17-4-5-17)37-38-28(19)25(14-20)42-3/h6-7,10-15,17,21,40-41H,4-5,8-9,16H2,1-3H3,(H,35,39). The van der Waals surface area contributed by atoms with E-state index in [1.54, 1.807) is 44.2 Å². The molecule has 0 bridgehead atoms. The molecule has 1 amide bonds. The summed E-state index contributed by atoms with van der Waals surface area (Å²) in [4.78, 5) is 18.2. The van der Waals surface area contributed by atoms with Crippen LogP contribution in [0.4, 0.5) is 4.39 Å². The molecule has 2 aliphatic carbocycles. The summed E-state index contributed by atoms with van der Waals surface area (Å²) in [6.07, 6.45) is 3.64. The number of halogens is 2. The smallest absolute Gasteiger partial charge is 0.251 e. The van der Waals surface area contributed by atoms with Crippen molar-refractivity contribution in [1.82, 2.24) is 20.5 Å². The van der Waals surface area contributed by atoms with E-state index in [1.807, 2.05) is 6.07 Å². The van der Waals surface area contributed by atoms with E-state index in [4.69, 9.17) is 21.3 Å². The van der Waals surface area contributed by atoms with Crippen molar-refractivity contribution in [2.24, 2.45) is 5.92 Å². The molecule has 1 unspecified atom stereocenters. The Bertz CT molecular complexity index is 1680. The van der Waals surface area contributed by atoms with Gasteiger partial charge in [0.2, 0.25) is 0 Å². The molecule has 8 nitrogen and oxygen atoms in total. The van der Waals surface area contributed by atoms with E-state index >= 15 is 0 Å². The van der Waals surface area contributed by atoms with Gasteiger partial charge in [0.25, 0.3) is 5.91 Å². The van der Waals surface area contributed by atoms with E-state index in [9.17, 15) is 19.4 Å². The second kappa shape index (κ2) is 10.6. The fourth-order valence-corrected chi connectivity index (χ4v) is 5.76. The average molecular weight is 591 g/mol. The second-order valence-electron chi connectivity index (χ2n) is 11.8. The van der Waals surface area contributed by atoms with Crippen molar-refractivity contribution in [3.05, 3.63) is 81.9 Å². The maximum atomic E-state index is 13.7. The van der Waals surface area contributed by atoms with Gasteiger partial charge in [-0.25, -0.2) is 9.37 Å². The molecule has 2 saturated carbocycles. The number of hydrogen-bond acceptors (Lipinski definition) is 7. The van der Waals surface area contributed by atoms with Gasteiger partial charge in [0, 0.05) is 28.0 Å². The minimum Gasteiger partial charge on any atom is -0.494 e. The molecule has 0 spiro atoms. The van der Waals surface area contributed by atoms with E-state index in [0.717, 1.165) is 36.8 Å². The normalized spacial score (nSPS) is 16.7. The van der Waals surface area contributed by atoms with E-state index in [-0.39, 0.29) is 23.2 Å². The molecule has 10 heteroatoms. The zero-order valence-electron chi connectivity index (χ0n) is 23.6. The Balaban J connectivity index is 1.35. The van der Waals surface area contributed by atoms with Gasteiger partial charge in [-0.3, -0.25) is 4.79 Å². The van der Waals surface area contributed by atoms with Crippen LogP contribution in [-0.2, 0) is 11.2 Å². The molecular weight excluding hydrogens is 559 g/mol. The summed E-state index contributed by atoms with van der Waals surface area (Å²) in [6.45, 7) is 3.06. The highest BCUT2D eigenvalue weighted by atomic mass is 35.5. The molecule has 6 rings (SSSR count). The minimum atomic E-state index is -1.54. The number of aromatic nitrogens is 3. The second-order valence-corrected chi connectivity index (χ2v) is 12.2. The number of amides is 1. The number of aliphatic hydroxyl groups is 2. The molecule has 0 saturated heterocycles. The average Bonchev–Trinajstić information content (AvgIpc) is 3.88. The molecule has 2 aromatic heterocycles. The van der Waals surface area contributed by atoms with Gasteiger partial charge in [0.1, 0.15) is 22.7 Å². The van der Waals surface area contributed by atoms with Gasteiger partial charge in [-0.2, -0.15) is 5.10 Å². The molecule has 2 heterocycles. The van der Waals surface area contributed by atoms with Gasteiger partial charge < -0.3 is 20.3 Å². The van der Waals surface area contributed by atoms with Crippen LogP contribution in [-0.4, -0.2) is 45.0 Å². The first-order chi connectivity index (χ1) is 20.0. The van der Waals surface area contributed by atoms with Crippen molar-refractivity contribution < 1.29 is 24.1 Å². The van der Waals surface area contributed by atoms with E-state index in [0.29, 0.717) is 39.6 Å². The number of carbonyl (C=O) groups is 1. The van der Waals surface area contributed by atoms with Crippen molar-refractivity contribution in [2.75, 3.05) is 13.7 Å². The summed E-state index contributed by atoms with van der Waals surface area (Å²) in [5.41, 5.74) is 0.417. The lowest BCUT2D eigenvalue weighted by molar-refractivity contribution is 0.00889. The zero-order chi connectivity index (χ0) is 29.8. The number of pyridine rings is 1. The first kappa shape index (κ1) is 28.5. The lowest BCUT2D eigenvalue weighted by atomic mass is 9.88. The van der Waals surface area contributed by atoms with Gasteiger partial charge in [-0.05, 0) is 94.0 Å². The zero-order valence-corrected chi connectivity index (χ0v) is 24.4. The van der Waals surface area contributed by atoms with Gasteiger partial charge in [-0.15, -0.1) is 5.10 Å². The summed E-state index contributed by atoms with van der Waals surface area (Å²) in [7, 11) is 1.52. The maximum Gasteiger partial charge on any atom is 0.251 e. The van der Waals surface area contributed by atoms with Crippen molar-refractivity contribution in [3.63, 3.8) is 0 Å². The van der Waals surface area contributed by atoms with Crippen molar-refractivity contribution in [3.8, 4) is 17.0 Å². The van der Waals surface area contributed by atoms with Crippen LogP contribution < -0.4 is 10.1 Å². The van der Waals surface area contributed by atoms with Crippen LogP contribution in [0.3, 0.4) is 0 Å². The van der Waals surface area contributed by atoms with Crippen molar-refractivity contribution >= 4 is 28.4 Å². The van der Waals surface area contributed by atoms with Crippen LogP contribution >= 0.6 is 11.6 Å². The monoisotopic (exact) mass is 590 g/mol. The number of carbonyl (C=O) groups excluding carboxylic acids is 1. The molecule has 2 aliphatic rings. The van der Waals surface area contributed by atoms with Gasteiger partial charge >= 0.3 is 0 Å². The molecule has 4 aromatic rings. The highest BCUT2D eigenvalue weighted by molar-refractivity contribution is 6.34. The molecule has 0 aliphatic heterocycles. The topological polar surface area (TPSA) is 117 Å². The van der Waals surface area contributed by atoms with Crippen LogP contribution in [0, 0.1) is 11.7 Å². The van der Waals surface area contributed by atoms with Crippen LogP contribution in [0.15, 0.2) is 48.5 Å². The van der Waals surface area contributed by atoms with Gasteiger partial charge in [0.05, 0.1) is 41.4 Å². The third-order valence-corrected chi connectivity index (χ3v) is 8.48. The first-order valence-corrected chi connectivity index (χ1v) is 14.4. The Labute approximate surface area is 247 Å². The highest BCUT2D eigenvalue weighted by Gasteiger charge is 2.47. The molecule has 42 heavy (non-hydrogen) atoms. The predicted molar refractivity (Wildman–Crippen MR) is 157 cm³/mol. The Morgan fingerprint density at radius 1 is 1.07 bits per heavy atom. The van der Waals surface area contributed by atoms with Crippen molar-refractivity contribution in [2.45, 2.75) is 56.7 Å². The minimum absolute atomic E-state index is 0.123. The fraction of sp³-hybridized carbons (Fsp3) is 0.375. The van der Waals surface area contributed by atoms with Gasteiger partial charge in [-0.1, -0.05) is 11.6 Å². The molecule has 3 N–H and O–H groups in total. The molecule has 0 radical (unpaired) electrons. The van der Waals surface area contributed by atoms with E-state index in [2.05, 4.69) is 15.5 Å². The Kier molecular flexibility index (Phi) is 7.15. The van der Waals surface area contributed by atoms with Gasteiger partial charge in [0.15, 0.2) is 0 Å². The third kappa shape index (κ3) is 5.44. The van der Waals surface area contributed by atoms with Crippen molar-refractivity contribution in [1.29, 1.82) is 0 Å². The Morgan fingerprint density at radius 2 is 1.79 bits per heavy atom. The number of hydrogen-bond donors (Lipinski definition) is 3.